The van der Waals surface area contributed by atoms with Gasteiger partial charge in [0.2, 0.25) is 0 Å². The number of hydrogen-bond acceptors (Lipinski definition) is 4. The summed E-state index contributed by atoms with van der Waals surface area (Å²) in [4.78, 5) is 13.8. The predicted molar refractivity (Wildman–Crippen MR) is 71.3 cm³/mol. The highest BCUT2D eigenvalue weighted by Crippen LogP contribution is 2.18. The van der Waals surface area contributed by atoms with Crippen LogP contribution in [-0.4, -0.2) is 45.0 Å². The number of anilines is 2. The molecule has 0 saturated heterocycles. The maximum Gasteiger partial charge on any atom is 0.251 e. The molecule has 1 rings (SSSR count). The van der Waals surface area contributed by atoms with E-state index in [0.717, 1.165) is 12.2 Å². The number of nitrogens with one attached hydrogen (secondary N) is 2. The summed E-state index contributed by atoms with van der Waals surface area (Å²) in [6, 6.07) is 5.24. The molecule has 94 valence electrons. The summed E-state index contributed by atoms with van der Waals surface area (Å²) < 4.78 is 0. The van der Waals surface area contributed by atoms with Gasteiger partial charge in [0.25, 0.3) is 5.91 Å². The topological polar surface area (TPSA) is 70.4 Å². The molecule has 0 atom stereocenters. The SMILES string of the molecule is CNc1ccc(C(=O)NCCN(C)C)cc1N. The van der Waals surface area contributed by atoms with Crippen LogP contribution in [0.1, 0.15) is 10.4 Å². The fraction of sp³-hybridized carbons (Fsp3) is 0.417. The van der Waals surface area contributed by atoms with E-state index in [4.69, 9.17) is 5.73 Å². The van der Waals surface area contributed by atoms with Gasteiger partial charge in [-0.1, -0.05) is 0 Å². The third kappa shape index (κ3) is 3.96. The monoisotopic (exact) mass is 236 g/mol. The molecule has 0 aliphatic rings. The number of nitrogens with two attached hydrogens (primary N) is 1. The molecule has 0 bridgehead atoms. The first-order valence-electron chi connectivity index (χ1n) is 5.55. The normalized spacial score (nSPS) is 10.4. The van der Waals surface area contributed by atoms with Crippen LogP contribution in [0, 0.1) is 0 Å². The maximum absolute atomic E-state index is 11.8. The zero-order valence-electron chi connectivity index (χ0n) is 10.6. The van der Waals surface area contributed by atoms with Crippen molar-refractivity contribution >= 4 is 17.3 Å². The third-order valence-electron chi connectivity index (χ3n) is 2.43. The average molecular weight is 236 g/mol. The second kappa shape index (κ2) is 6.10. The molecule has 0 aromatic heterocycles. The van der Waals surface area contributed by atoms with E-state index in [1.165, 1.54) is 0 Å². The van der Waals surface area contributed by atoms with Crippen LogP contribution < -0.4 is 16.4 Å². The van der Waals surface area contributed by atoms with E-state index in [2.05, 4.69) is 10.6 Å². The first kappa shape index (κ1) is 13.3. The minimum Gasteiger partial charge on any atom is -0.397 e. The fourth-order valence-electron chi connectivity index (χ4n) is 1.43. The van der Waals surface area contributed by atoms with Crippen LogP contribution in [0.15, 0.2) is 18.2 Å². The van der Waals surface area contributed by atoms with Gasteiger partial charge in [-0.05, 0) is 32.3 Å². The van der Waals surface area contributed by atoms with E-state index in [1.54, 1.807) is 25.2 Å². The number of rotatable bonds is 5. The molecular formula is C12H20N4O. The molecule has 0 aliphatic carbocycles. The zero-order chi connectivity index (χ0) is 12.8. The molecule has 1 amide bonds. The van der Waals surface area contributed by atoms with Crippen molar-refractivity contribution < 1.29 is 4.79 Å². The smallest absolute Gasteiger partial charge is 0.251 e. The lowest BCUT2D eigenvalue weighted by molar-refractivity contribution is 0.0951. The van der Waals surface area contributed by atoms with E-state index in [0.29, 0.717) is 17.8 Å². The molecule has 0 saturated carbocycles. The highest BCUT2D eigenvalue weighted by Gasteiger charge is 2.07. The van der Waals surface area contributed by atoms with Gasteiger partial charge in [0.1, 0.15) is 0 Å². The minimum absolute atomic E-state index is 0.0961. The van der Waals surface area contributed by atoms with Crippen molar-refractivity contribution in [1.29, 1.82) is 0 Å². The Bertz CT molecular complexity index is 390. The van der Waals surface area contributed by atoms with E-state index in [1.807, 2.05) is 19.0 Å². The highest BCUT2D eigenvalue weighted by molar-refractivity contribution is 5.96. The molecule has 0 spiro atoms. The second-order valence-electron chi connectivity index (χ2n) is 4.11. The van der Waals surface area contributed by atoms with Gasteiger partial charge in [-0.25, -0.2) is 0 Å². The number of nitrogens with zero attached hydrogens (tertiary/aromatic N) is 1. The van der Waals surface area contributed by atoms with Crippen LogP contribution in [0.25, 0.3) is 0 Å². The average Bonchev–Trinajstić information content (AvgIpc) is 2.28. The molecule has 1 aromatic carbocycles. The zero-order valence-corrected chi connectivity index (χ0v) is 10.6. The maximum atomic E-state index is 11.8. The molecule has 0 unspecified atom stereocenters. The van der Waals surface area contributed by atoms with Crippen molar-refractivity contribution in [3.05, 3.63) is 23.8 Å². The van der Waals surface area contributed by atoms with Gasteiger partial charge >= 0.3 is 0 Å². The van der Waals surface area contributed by atoms with Crippen molar-refractivity contribution in [3.63, 3.8) is 0 Å². The number of hydrogen-bond donors (Lipinski definition) is 3. The van der Waals surface area contributed by atoms with Crippen LogP contribution in [0.5, 0.6) is 0 Å². The van der Waals surface area contributed by atoms with Crippen LogP contribution in [0.3, 0.4) is 0 Å². The van der Waals surface area contributed by atoms with Crippen LogP contribution >= 0.6 is 0 Å². The summed E-state index contributed by atoms with van der Waals surface area (Å²) >= 11 is 0. The number of carbonyl (C=O) groups excluding carboxylic acids is 1. The molecular weight excluding hydrogens is 216 g/mol. The number of nitrogen functional groups attached to an aromatic ring is 1. The lowest BCUT2D eigenvalue weighted by Gasteiger charge is -2.11. The largest absolute Gasteiger partial charge is 0.397 e. The van der Waals surface area contributed by atoms with Gasteiger partial charge in [0.15, 0.2) is 0 Å². The lowest BCUT2D eigenvalue weighted by Crippen LogP contribution is -2.31. The van der Waals surface area contributed by atoms with Crippen LogP contribution in [-0.2, 0) is 0 Å². The highest BCUT2D eigenvalue weighted by atomic mass is 16.1. The van der Waals surface area contributed by atoms with Gasteiger partial charge in [0, 0.05) is 25.7 Å². The Morgan fingerprint density at radius 1 is 1.41 bits per heavy atom. The predicted octanol–water partition coefficient (Wildman–Crippen LogP) is 0.602. The van der Waals surface area contributed by atoms with Crippen molar-refractivity contribution in [2.24, 2.45) is 0 Å². The van der Waals surface area contributed by atoms with Gasteiger partial charge in [-0.3, -0.25) is 4.79 Å². The number of benzene rings is 1. The van der Waals surface area contributed by atoms with E-state index >= 15 is 0 Å². The van der Waals surface area contributed by atoms with Crippen molar-refractivity contribution in [3.8, 4) is 0 Å². The Balaban J connectivity index is 2.60. The molecule has 5 heteroatoms. The molecule has 17 heavy (non-hydrogen) atoms. The van der Waals surface area contributed by atoms with Crippen molar-refractivity contribution in [1.82, 2.24) is 10.2 Å². The second-order valence-corrected chi connectivity index (χ2v) is 4.11. The summed E-state index contributed by atoms with van der Waals surface area (Å²) in [5, 5.41) is 5.79. The summed E-state index contributed by atoms with van der Waals surface area (Å²) in [6.07, 6.45) is 0. The Kier molecular flexibility index (Phi) is 4.78. The summed E-state index contributed by atoms with van der Waals surface area (Å²) in [5.74, 6) is -0.0961. The molecule has 0 heterocycles. The first-order valence-corrected chi connectivity index (χ1v) is 5.55. The van der Waals surface area contributed by atoms with Crippen molar-refractivity contribution in [2.45, 2.75) is 0 Å². The van der Waals surface area contributed by atoms with Gasteiger partial charge in [0.05, 0.1) is 11.4 Å². The van der Waals surface area contributed by atoms with Crippen molar-refractivity contribution in [2.75, 3.05) is 45.3 Å². The number of carbonyl (C=O) groups is 1. The van der Waals surface area contributed by atoms with E-state index in [-0.39, 0.29) is 5.91 Å². The van der Waals surface area contributed by atoms with Crippen LogP contribution in [0.4, 0.5) is 11.4 Å². The molecule has 4 N–H and O–H groups in total. The molecule has 1 aromatic rings. The Labute approximate surface area is 102 Å². The molecule has 0 radical (unpaired) electrons. The third-order valence-corrected chi connectivity index (χ3v) is 2.43. The van der Waals surface area contributed by atoms with E-state index < -0.39 is 0 Å². The molecule has 0 fully saturated rings. The van der Waals surface area contributed by atoms with Gasteiger partial charge in [-0.2, -0.15) is 0 Å². The number of likely N-dealkylation sites (N-methyl/N-ethyl adjacent to an activating group) is 1. The minimum atomic E-state index is -0.0961. The van der Waals surface area contributed by atoms with Gasteiger partial charge < -0.3 is 21.3 Å². The summed E-state index contributed by atoms with van der Waals surface area (Å²) in [5.41, 5.74) is 7.78. The lowest BCUT2D eigenvalue weighted by atomic mass is 10.1. The Hall–Kier alpha value is -1.75. The summed E-state index contributed by atoms with van der Waals surface area (Å²) in [7, 11) is 5.72. The van der Waals surface area contributed by atoms with Crippen LogP contribution in [0.2, 0.25) is 0 Å². The molecule has 0 aliphatic heterocycles. The fourth-order valence-corrected chi connectivity index (χ4v) is 1.43. The Morgan fingerprint density at radius 2 is 2.12 bits per heavy atom. The first-order chi connectivity index (χ1) is 8.04. The quantitative estimate of drug-likeness (QED) is 0.655. The Morgan fingerprint density at radius 3 is 2.65 bits per heavy atom. The molecule has 5 nitrogen and oxygen atoms in total. The van der Waals surface area contributed by atoms with Gasteiger partial charge in [-0.15, -0.1) is 0 Å². The summed E-state index contributed by atoms with van der Waals surface area (Å²) in [6.45, 7) is 1.44. The van der Waals surface area contributed by atoms with E-state index in [9.17, 15) is 4.79 Å². The standard InChI is InChI=1S/C12H20N4O/c1-14-11-5-4-9(8-10(11)13)12(17)15-6-7-16(2)3/h4-5,8,14H,6-7,13H2,1-3H3,(H,15,17). The number of amides is 1.